The summed E-state index contributed by atoms with van der Waals surface area (Å²) in [6.45, 7) is 0.143. The second-order valence-electron chi connectivity index (χ2n) is 8.41. The van der Waals surface area contributed by atoms with Gasteiger partial charge >= 0.3 is 0 Å². The number of rotatable bonds is 8. The van der Waals surface area contributed by atoms with E-state index in [0.717, 1.165) is 34.2 Å². The number of imide groups is 1. The topological polar surface area (TPSA) is 84.0 Å². The van der Waals surface area contributed by atoms with Crippen molar-refractivity contribution in [1.82, 2.24) is 4.31 Å². The molecule has 2 aromatic carbocycles. The highest BCUT2D eigenvalue weighted by Crippen LogP contribution is 2.31. The van der Waals surface area contributed by atoms with E-state index in [0.29, 0.717) is 17.9 Å². The van der Waals surface area contributed by atoms with Crippen molar-refractivity contribution in [2.24, 2.45) is 0 Å². The maximum Gasteiger partial charge on any atom is 0.252 e. The smallest absolute Gasteiger partial charge is 0.252 e. The Morgan fingerprint density at radius 3 is 2.38 bits per heavy atom. The van der Waals surface area contributed by atoms with Crippen LogP contribution in [0.25, 0.3) is 0 Å². The van der Waals surface area contributed by atoms with E-state index in [4.69, 9.17) is 4.74 Å². The number of carbonyl (C=O) groups is 2. The van der Waals surface area contributed by atoms with Crippen LogP contribution in [0, 0.1) is 3.57 Å². The summed E-state index contributed by atoms with van der Waals surface area (Å²) in [4.78, 5) is 27.5. The van der Waals surface area contributed by atoms with Crippen molar-refractivity contribution < 1.29 is 22.7 Å². The minimum absolute atomic E-state index is 0.0684. The molecule has 1 unspecified atom stereocenters. The summed E-state index contributed by atoms with van der Waals surface area (Å²) in [5, 5.41) is 0. The molecule has 1 atom stereocenters. The normalized spacial score (nSPS) is 19.0. The third-order valence-corrected chi connectivity index (χ3v) is 8.90. The van der Waals surface area contributed by atoms with Gasteiger partial charge in [0.15, 0.2) is 0 Å². The van der Waals surface area contributed by atoms with Gasteiger partial charge in [-0.15, -0.1) is 0 Å². The molecule has 34 heavy (non-hydrogen) atoms. The molecular weight excluding hydrogens is 567 g/mol. The highest BCUT2D eigenvalue weighted by atomic mass is 127. The molecule has 1 saturated heterocycles. The van der Waals surface area contributed by atoms with Crippen molar-refractivity contribution in [3.8, 4) is 5.75 Å². The number of methoxy groups -OCH3 is 1. The lowest BCUT2D eigenvalue weighted by atomic mass is 9.97. The average molecular weight is 594 g/mol. The fraction of sp³-hybridized carbons (Fsp3) is 0.360. The first-order chi connectivity index (χ1) is 16.3. The van der Waals surface area contributed by atoms with Crippen LogP contribution in [0.3, 0.4) is 0 Å². The molecule has 0 radical (unpaired) electrons. The molecule has 0 bridgehead atoms. The zero-order chi connectivity index (χ0) is 24.3. The van der Waals surface area contributed by atoms with E-state index in [2.05, 4.69) is 28.7 Å². The van der Waals surface area contributed by atoms with Gasteiger partial charge < -0.3 is 4.74 Å². The summed E-state index contributed by atoms with van der Waals surface area (Å²) >= 11 is 2.15. The van der Waals surface area contributed by atoms with E-state index in [-0.39, 0.29) is 17.9 Å². The molecule has 1 aliphatic heterocycles. The summed E-state index contributed by atoms with van der Waals surface area (Å²) in [5.74, 6) is -0.376. The summed E-state index contributed by atoms with van der Waals surface area (Å²) < 4.78 is 34.8. The Balaban J connectivity index is 1.66. The first-order valence-electron chi connectivity index (χ1n) is 11.3. The lowest BCUT2D eigenvalue weighted by molar-refractivity contribution is -0.122. The van der Waals surface area contributed by atoms with E-state index < -0.39 is 27.9 Å². The molecule has 1 aliphatic carbocycles. The molecule has 0 N–H and O–H groups in total. The average Bonchev–Trinajstić information content (AvgIpc) is 3.13. The number of benzene rings is 2. The summed E-state index contributed by atoms with van der Waals surface area (Å²) in [6, 6.07) is 12.0. The summed E-state index contributed by atoms with van der Waals surface area (Å²) in [6.07, 6.45) is 6.67. The Morgan fingerprint density at radius 2 is 1.76 bits per heavy atom. The van der Waals surface area contributed by atoms with Crippen molar-refractivity contribution >= 4 is 50.1 Å². The molecule has 0 aromatic heterocycles. The van der Waals surface area contributed by atoms with Crippen LogP contribution >= 0.6 is 22.6 Å². The number of hydrogen-bond donors (Lipinski definition) is 0. The van der Waals surface area contributed by atoms with E-state index in [1.54, 1.807) is 24.3 Å². The standard InChI is InChI=1S/C25H27IN2O5S/c1-33-21-11-13-22(14-12-21)34(31,32)27(16-15-18-5-3-2-4-6-18)23-17-24(29)28(25(23)30)20-9-7-19(26)8-10-20/h5,7-14,23H,2-4,6,15-17H2,1H3. The number of halogens is 1. The van der Waals surface area contributed by atoms with Crippen LogP contribution in [-0.2, 0) is 19.6 Å². The number of ether oxygens (including phenoxy) is 1. The maximum absolute atomic E-state index is 13.7. The van der Waals surface area contributed by atoms with Crippen molar-refractivity contribution in [2.45, 2.75) is 49.5 Å². The predicted octanol–water partition coefficient (Wildman–Crippen LogP) is 4.51. The van der Waals surface area contributed by atoms with Crippen molar-refractivity contribution in [3.63, 3.8) is 0 Å². The fourth-order valence-electron chi connectivity index (χ4n) is 4.41. The zero-order valence-corrected chi connectivity index (χ0v) is 21.9. The molecule has 180 valence electrons. The number of allylic oxidation sites excluding steroid dienone is 1. The third kappa shape index (κ3) is 5.21. The number of amides is 2. The Hall–Kier alpha value is -2.24. The number of sulfonamides is 1. The molecular formula is C25H27IN2O5S. The molecule has 4 rings (SSSR count). The zero-order valence-electron chi connectivity index (χ0n) is 18.9. The summed E-state index contributed by atoms with van der Waals surface area (Å²) in [7, 11) is -2.52. The Kier molecular flexibility index (Phi) is 7.73. The van der Waals surface area contributed by atoms with Gasteiger partial charge in [-0.1, -0.05) is 11.6 Å². The molecule has 2 aliphatic rings. The van der Waals surface area contributed by atoms with Gasteiger partial charge in [0.1, 0.15) is 11.8 Å². The molecule has 2 aromatic rings. The Morgan fingerprint density at radius 1 is 1.06 bits per heavy atom. The number of carbonyl (C=O) groups excluding carboxylic acids is 2. The van der Waals surface area contributed by atoms with E-state index in [1.165, 1.54) is 29.1 Å². The molecule has 0 spiro atoms. The third-order valence-electron chi connectivity index (χ3n) is 6.26. The molecule has 1 fully saturated rings. The van der Waals surface area contributed by atoms with E-state index in [1.807, 2.05) is 12.1 Å². The minimum Gasteiger partial charge on any atom is -0.497 e. The lowest BCUT2D eigenvalue weighted by Crippen LogP contribution is -2.46. The minimum atomic E-state index is -4.03. The highest BCUT2D eigenvalue weighted by molar-refractivity contribution is 14.1. The van der Waals surface area contributed by atoms with Gasteiger partial charge in [0.2, 0.25) is 15.9 Å². The van der Waals surface area contributed by atoms with Gasteiger partial charge in [-0.05, 0) is 103 Å². The van der Waals surface area contributed by atoms with Crippen LogP contribution in [0.5, 0.6) is 5.75 Å². The fourth-order valence-corrected chi connectivity index (χ4v) is 6.36. The molecule has 9 heteroatoms. The van der Waals surface area contributed by atoms with Crippen LogP contribution in [0.2, 0.25) is 0 Å². The first kappa shape index (κ1) is 24.9. The van der Waals surface area contributed by atoms with Crippen molar-refractivity contribution in [1.29, 1.82) is 0 Å². The highest BCUT2D eigenvalue weighted by Gasteiger charge is 2.46. The second-order valence-corrected chi connectivity index (χ2v) is 11.5. The van der Waals surface area contributed by atoms with Crippen LogP contribution < -0.4 is 9.64 Å². The van der Waals surface area contributed by atoms with Crippen LogP contribution in [0.1, 0.15) is 38.5 Å². The number of nitrogens with zero attached hydrogens (tertiary/aromatic N) is 2. The van der Waals surface area contributed by atoms with Crippen molar-refractivity contribution in [3.05, 3.63) is 63.8 Å². The molecule has 0 saturated carbocycles. The van der Waals surface area contributed by atoms with Gasteiger partial charge in [-0.3, -0.25) is 9.59 Å². The monoisotopic (exact) mass is 594 g/mol. The molecule has 7 nitrogen and oxygen atoms in total. The Labute approximate surface area is 214 Å². The largest absolute Gasteiger partial charge is 0.497 e. The second kappa shape index (κ2) is 10.6. The maximum atomic E-state index is 13.7. The SMILES string of the molecule is COc1ccc(S(=O)(=O)N(CCC2=CCCCC2)C2CC(=O)N(c3ccc(I)cc3)C2=O)cc1. The van der Waals surface area contributed by atoms with Crippen LogP contribution in [-0.4, -0.2) is 44.2 Å². The van der Waals surface area contributed by atoms with Gasteiger partial charge in [0, 0.05) is 10.1 Å². The van der Waals surface area contributed by atoms with E-state index in [9.17, 15) is 18.0 Å². The Bertz CT molecular complexity index is 1190. The van der Waals surface area contributed by atoms with Crippen LogP contribution in [0.4, 0.5) is 5.69 Å². The predicted molar refractivity (Wildman–Crippen MR) is 138 cm³/mol. The van der Waals surface area contributed by atoms with Gasteiger partial charge in [0.25, 0.3) is 5.91 Å². The quantitative estimate of drug-likeness (QED) is 0.255. The lowest BCUT2D eigenvalue weighted by Gasteiger charge is -2.28. The van der Waals surface area contributed by atoms with Crippen LogP contribution in [0.15, 0.2) is 65.1 Å². The first-order valence-corrected chi connectivity index (χ1v) is 13.8. The van der Waals surface area contributed by atoms with Gasteiger partial charge in [0.05, 0.1) is 24.1 Å². The number of hydrogen-bond acceptors (Lipinski definition) is 5. The molecule has 2 amide bonds. The molecule has 1 heterocycles. The van der Waals surface area contributed by atoms with Gasteiger partial charge in [-0.25, -0.2) is 13.3 Å². The summed E-state index contributed by atoms with van der Waals surface area (Å²) in [5.41, 5.74) is 1.65. The van der Waals surface area contributed by atoms with Crippen molar-refractivity contribution in [2.75, 3.05) is 18.6 Å². The van der Waals surface area contributed by atoms with Gasteiger partial charge in [-0.2, -0.15) is 4.31 Å². The van der Waals surface area contributed by atoms with E-state index >= 15 is 0 Å². The number of anilines is 1.